The number of anilines is 2. The Morgan fingerprint density at radius 1 is 0.692 bits per heavy atom. The average Bonchev–Trinajstić information content (AvgIpc) is 3.68. The number of aromatic nitrogens is 4. The Morgan fingerprint density at radius 2 is 1.04 bits per heavy atom. The zero-order valence-electron chi connectivity index (χ0n) is 29.6. The van der Waals surface area contributed by atoms with Gasteiger partial charge in [0.2, 0.25) is 0 Å². The second-order valence-electron chi connectivity index (χ2n) is 12.7. The van der Waals surface area contributed by atoms with Gasteiger partial charge < -0.3 is 10.6 Å². The van der Waals surface area contributed by atoms with Gasteiger partial charge in [-0.05, 0) is 85.0 Å². The first-order chi connectivity index (χ1) is 24.2. The SMILES string of the molecule is CCC(C)CCc1cc(Cl)ccc1NC(=O)c1cn(C)nc1C(F)(F)F.CCC(C)CCc1cc(Cl)ccc1NC(=O)c1cn(C)nc1C(F)(F)F. The Balaban J connectivity index is 0.000000280. The van der Waals surface area contributed by atoms with E-state index in [-0.39, 0.29) is 0 Å². The molecule has 0 aliphatic carbocycles. The van der Waals surface area contributed by atoms with Crippen LogP contribution in [0.25, 0.3) is 0 Å². The van der Waals surface area contributed by atoms with Crippen LogP contribution < -0.4 is 10.6 Å². The summed E-state index contributed by atoms with van der Waals surface area (Å²) >= 11 is 12.1. The van der Waals surface area contributed by atoms with E-state index in [1.54, 1.807) is 36.4 Å². The van der Waals surface area contributed by atoms with Gasteiger partial charge in [-0.2, -0.15) is 36.5 Å². The second kappa shape index (κ2) is 18.1. The molecule has 2 heterocycles. The number of hydrogen-bond donors (Lipinski definition) is 2. The molecule has 0 aliphatic heterocycles. The van der Waals surface area contributed by atoms with Crippen LogP contribution in [-0.4, -0.2) is 31.4 Å². The number of nitrogens with one attached hydrogen (secondary N) is 2. The highest BCUT2D eigenvalue weighted by Crippen LogP contribution is 2.33. The fourth-order valence-electron chi connectivity index (χ4n) is 5.10. The van der Waals surface area contributed by atoms with Crippen LogP contribution in [0, 0.1) is 11.8 Å². The summed E-state index contributed by atoms with van der Waals surface area (Å²) in [5.74, 6) is -0.713. The van der Waals surface area contributed by atoms with Crippen LogP contribution in [0.5, 0.6) is 0 Å². The summed E-state index contributed by atoms with van der Waals surface area (Å²) in [5, 5.41) is 12.9. The fourth-order valence-corrected chi connectivity index (χ4v) is 5.49. The lowest BCUT2D eigenvalue weighted by molar-refractivity contribution is -0.142. The number of amides is 2. The van der Waals surface area contributed by atoms with E-state index in [0.29, 0.717) is 46.1 Å². The number of alkyl halides is 6. The number of aryl methyl sites for hydroxylation is 4. The molecular weight excluding hydrogens is 733 g/mol. The summed E-state index contributed by atoms with van der Waals surface area (Å²) in [4.78, 5) is 24.9. The van der Waals surface area contributed by atoms with E-state index in [0.717, 1.165) is 58.6 Å². The molecule has 4 aromatic rings. The molecule has 0 aliphatic rings. The van der Waals surface area contributed by atoms with Crippen LogP contribution >= 0.6 is 23.2 Å². The summed E-state index contributed by atoms with van der Waals surface area (Å²) in [5.41, 5.74) is -0.919. The van der Waals surface area contributed by atoms with E-state index in [1.807, 2.05) is 0 Å². The van der Waals surface area contributed by atoms with Gasteiger partial charge in [0.25, 0.3) is 11.8 Å². The molecule has 2 aromatic carbocycles. The van der Waals surface area contributed by atoms with Gasteiger partial charge in [0.15, 0.2) is 11.4 Å². The second-order valence-corrected chi connectivity index (χ2v) is 13.6. The first kappa shape index (κ1) is 42.4. The van der Waals surface area contributed by atoms with Crippen molar-refractivity contribution in [2.45, 2.75) is 78.6 Å². The molecule has 2 aromatic heterocycles. The number of hydrogen-bond acceptors (Lipinski definition) is 4. The van der Waals surface area contributed by atoms with Gasteiger partial charge in [-0.3, -0.25) is 19.0 Å². The number of carbonyl (C=O) groups is 2. The molecule has 0 saturated heterocycles. The molecule has 52 heavy (non-hydrogen) atoms. The number of carbonyl (C=O) groups excluding carboxylic acids is 2. The molecule has 16 heteroatoms. The first-order valence-electron chi connectivity index (χ1n) is 16.6. The molecule has 2 unspecified atom stereocenters. The van der Waals surface area contributed by atoms with Crippen molar-refractivity contribution in [1.82, 2.24) is 19.6 Å². The Kier molecular flexibility index (Phi) is 14.8. The predicted octanol–water partition coefficient (Wildman–Crippen LogP) is 10.6. The van der Waals surface area contributed by atoms with Crippen LogP contribution in [0.4, 0.5) is 37.7 Å². The third-order valence-electron chi connectivity index (χ3n) is 8.52. The predicted molar refractivity (Wildman–Crippen MR) is 191 cm³/mol. The van der Waals surface area contributed by atoms with Crippen molar-refractivity contribution in [3.63, 3.8) is 0 Å². The lowest BCUT2D eigenvalue weighted by Crippen LogP contribution is -2.18. The van der Waals surface area contributed by atoms with Crippen molar-refractivity contribution in [1.29, 1.82) is 0 Å². The number of rotatable bonds is 12. The van der Waals surface area contributed by atoms with E-state index in [4.69, 9.17) is 23.2 Å². The fraction of sp³-hybridized carbons (Fsp3) is 0.444. The topological polar surface area (TPSA) is 93.8 Å². The van der Waals surface area contributed by atoms with Crippen molar-refractivity contribution < 1.29 is 35.9 Å². The van der Waals surface area contributed by atoms with Gasteiger partial charge in [-0.25, -0.2) is 0 Å². The molecule has 0 bridgehead atoms. The lowest BCUT2D eigenvalue weighted by atomic mass is 9.98. The maximum absolute atomic E-state index is 13.1. The van der Waals surface area contributed by atoms with E-state index in [2.05, 4.69) is 48.5 Å². The molecule has 284 valence electrons. The highest BCUT2D eigenvalue weighted by molar-refractivity contribution is 6.31. The normalized spacial score (nSPS) is 12.9. The van der Waals surface area contributed by atoms with Crippen molar-refractivity contribution in [3.05, 3.63) is 92.5 Å². The Bertz CT molecular complexity index is 1700. The average molecular weight is 776 g/mol. The maximum atomic E-state index is 13.1. The number of benzene rings is 2. The van der Waals surface area contributed by atoms with E-state index in [9.17, 15) is 35.9 Å². The summed E-state index contributed by atoms with van der Waals surface area (Å²) in [6.45, 7) is 8.42. The third-order valence-corrected chi connectivity index (χ3v) is 8.99. The van der Waals surface area contributed by atoms with E-state index < -0.39 is 46.7 Å². The van der Waals surface area contributed by atoms with Gasteiger partial charge in [-0.15, -0.1) is 0 Å². The zero-order valence-corrected chi connectivity index (χ0v) is 31.2. The van der Waals surface area contributed by atoms with Gasteiger partial charge >= 0.3 is 12.4 Å². The molecule has 0 spiro atoms. The summed E-state index contributed by atoms with van der Waals surface area (Å²) in [7, 11) is 2.68. The molecule has 0 radical (unpaired) electrons. The van der Waals surface area contributed by atoms with Crippen LogP contribution in [0.2, 0.25) is 10.0 Å². The standard InChI is InChI=1S/2C18H21ClF3N3O/c2*1-4-11(2)5-6-12-9-13(19)7-8-15(12)23-17(26)14-10-25(3)24-16(14)18(20,21)22/h2*7-11H,4-6H2,1-3H3,(H,23,26). The highest BCUT2D eigenvalue weighted by Gasteiger charge is 2.40. The molecule has 2 atom stereocenters. The summed E-state index contributed by atoms with van der Waals surface area (Å²) in [6, 6.07) is 9.86. The quantitative estimate of drug-likeness (QED) is 0.140. The Labute approximate surface area is 308 Å². The first-order valence-corrected chi connectivity index (χ1v) is 17.4. The van der Waals surface area contributed by atoms with Crippen LogP contribution in [0.1, 0.15) is 96.6 Å². The van der Waals surface area contributed by atoms with Crippen LogP contribution in [0.15, 0.2) is 48.8 Å². The van der Waals surface area contributed by atoms with Crippen LogP contribution in [0.3, 0.4) is 0 Å². The maximum Gasteiger partial charge on any atom is 0.435 e. The number of nitrogens with zero attached hydrogens (tertiary/aromatic N) is 4. The number of halogens is 8. The smallest absolute Gasteiger partial charge is 0.322 e. The highest BCUT2D eigenvalue weighted by atomic mass is 35.5. The van der Waals surface area contributed by atoms with Crippen LogP contribution in [-0.2, 0) is 39.3 Å². The van der Waals surface area contributed by atoms with Gasteiger partial charge in [-0.1, -0.05) is 63.7 Å². The molecular formula is C36H42Cl2F6N6O2. The lowest BCUT2D eigenvalue weighted by Gasteiger charge is -2.14. The summed E-state index contributed by atoms with van der Waals surface area (Å²) < 4.78 is 80.4. The molecule has 0 fully saturated rings. The van der Waals surface area contributed by atoms with Gasteiger partial charge in [0.1, 0.15) is 0 Å². The zero-order chi connectivity index (χ0) is 39.0. The molecule has 2 N–H and O–H groups in total. The minimum Gasteiger partial charge on any atom is -0.322 e. The molecule has 8 nitrogen and oxygen atoms in total. The van der Waals surface area contributed by atoms with Gasteiger partial charge in [0, 0.05) is 47.9 Å². The van der Waals surface area contributed by atoms with Crippen molar-refractivity contribution in [3.8, 4) is 0 Å². The van der Waals surface area contributed by atoms with Gasteiger partial charge in [0.05, 0.1) is 11.1 Å². The Hall–Kier alpha value is -4.04. The third kappa shape index (κ3) is 12.0. The molecule has 0 saturated carbocycles. The largest absolute Gasteiger partial charge is 0.435 e. The minimum atomic E-state index is -4.70. The molecule has 4 rings (SSSR count). The van der Waals surface area contributed by atoms with E-state index >= 15 is 0 Å². The van der Waals surface area contributed by atoms with Crippen molar-refractivity contribution >= 4 is 46.4 Å². The van der Waals surface area contributed by atoms with Crippen molar-refractivity contribution in [2.75, 3.05) is 10.6 Å². The van der Waals surface area contributed by atoms with E-state index in [1.165, 1.54) is 14.1 Å². The monoisotopic (exact) mass is 774 g/mol. The minimum absolute atomic E-state index is 0.458. The molecule has 2 amide bonds. The summed E-state index contributed by atoms with van der Waals surface area (Å²) in [6.07, 6.45) is -2.12. The Morgan fingerprint density at radius 3 is 1.35 bits per heavy atom. The van der Waals surface area contributed by atoms with Crippen molar-refractivity contribution in [2.24, 2.45) is 25.9 Å².